The molecule has 0 aliphatic rings. The van der Waals surface area contributed by atoms with Crippen LogP contribution in [0.4, 0.5) is 0 Å². The van der Waals surface area contributed by atoms with Gasteiger partial charge >= 0.3 is 0 Å². The molecule has 0 amide bonds. The fourth-order valence-electron chi connectivity index (χ4n) is 0. The maximum absolute atomic E-state index is 3.99. The van der Waals surface area contributed by atoms with Gasteiger partial charge in [0.1, 0.15) is 0 Å². The molecule has 40 valence electrons. The van der Waals surface area contributed by atoms with E-state index in [0.29, 0.717) is 0 Å². The highest BCUT2D eigenvalue weighted by Gasteiger charge is 1.98. The first-order valence-corrected chi connectivity index (χ1v) is 2.34. The molecule has 0 unspecified atom stereocenters. The average molecular weight is 142 g/mol. The maximum Gasteiger partial charge on any atom is 0.0495 e. The average Bonchev–Trinajstić information content (AvgIpc) is 0.722. The second-order valence-electron chi connectivity index (χ2n) is 1.49. The van der Waals surface area contributed by atoms with E-state index in [9.17, 15) is 0 Å². The summed E-state index contributed by atoms with van der Waals surface area (Å²) in [5.74, 6) is 0. The first-order valence-electron chi connectivity index (χ1n) is 1.45. The molecule has 0 aromatic heterocycles. The third kappa shape index (κ3) is 75.1. The molecule has 0 bridgehead atoms. The second-order valence-corrected chi connectivity index (χ2v) is 4.08. The summed E-state index contributed by atoms with van der Waals surface area (Å²) in [4.78, 5) is 0. The normalized spacial score (nSPS) is 10.0. The molecule has 0 nitrogen and oxygen atoms in total. The molecule has 0 radical (unpaired) electrons. The molecule has 0 fully saturated rings. The zero-order chi connectivity index (χ0) is 4.50. The molecule has 0 saturated heterocycles. The SMILES string of the molecule is CC(C)(S)S.S. The highest BCUT2D eigenvalue weighted by molar-refractivity contribution is 8.00. The summed E-state index contributed by atoms with van der Waals surface area (Å²) in [6.07, 6.45) is 0. The van der Waals surface area contributed by atoms with Gasteiger partial charge in [-0.1, -0.05) is 0 Å². The van der Waals surface area contributed by atoms with Gasteiger partial charge in [-0.2, -0.15) is 38.8 Å². The molecular formula is C3H10S3. The predicted molar refractivity (Wildman–Crippen MR) is 42.4 cm³/mol. The van der Waals surface area contributed by atoms with E-state index >= 15 is 0 Å². The fraction of sp³-hybridized carbons (Fsp3) is 1.00. The van der Waals surface area contributed by atoms with Crippen molar-refractivity contribution < 1.29 is 0 Å². The van der Waals surface area contributed by atoms with Gasteiger partial charge in [-0.15, -0.1) is 0 Å². The van der Waals surface area contributed by atoms with Crippen molar-refractivity contribution in [1.29, 1.82) is 0 Å². The van der Waals surface area contributed by atoms with Crippen LogP contribution in [0, 0.1) is 0 Å². The van der Waals surface area contributed by atoms with Crippen molar-refractivity contribution >= 4 is 38.8 Å². The van der Waals surface area contributed by atoms with Gasteiger partial charge in [0.2, 0.25) is 0 Å². The van der Waals surface area contributed by atoms with E-state index in [1.807, 2.05) is 13.8 Å². The molecule has 0 saturated carbocycles. The summed E-state index contributed by atoms with van der Waals surface area (Å²) in [7, 11) is 0. The van der Waals surface area contributed by atoms with Gasteiger partial charge in [0.05, 0.1) is 0 Å². The molecule has 0 aliphatic carbocycles. The van der Waals surface area contributed by atoms with E-state index < -0.39 is 0 Å². The Balaban J connectivity index is 0. The third-order valence-electron chi connectivity index (χ3n) is 0. The van der Waals surface area contributed by atoms with Gasteiger partial charge in [-0.25, -0.2) is 0 Å². The Hall–Kier alpha value is 1.05. The molecule has 0 aliphatic heterocycles. The highest BCUT2D eigenvalue weighted by Crippen LogP contribution is 2.14. The first-order chi connectivity index (χ1) is 2.00. The van der Waals surface area contributed by atoms with Crippen molar-refractivity contribution in [1.82, 2.24) is 0 Å². The molecule has 0 rings (SSSR count). The van der Waals surface area contributed by atoms with Crippen molar-refractivity contribution in [3.05, 3.63) is 0 Å². The van der Waals surface area contributed by atoms with Crippen molar-refractivity contribution in [2.24, 2.45) is 0 Å². The van der Waals surface area contributed by atoms with Gasteiger partial charge in [-0.05, 0) is 13.8 Å². The van der Waals surface area contributed by atoms with Gasteiger partial charge in [0.25, 0.3) is 0 Å². The summed E-state index contributed by atoms with van der Waals surface area (Å²) < 4.78 is -0.111. The lowest BCUT2D eigenvalue weighted by Gasteiger charge is -2.03. The lowest BCUT2D eigenvalue weighted by Crippen LogP contribution is -1.94. The smallest absolute Gasteiger partial charge is 0.0495 e. The second kappa shape index (κ2) is 3.10. The summed E-state index contributed by atoms with van der Waals surface area (Å²) in [6, 6.07) is 0. The number of thiol groups is 2. The van der Waals surface area contributed by atoms with Gasteiger partial charge in [0, 0.05) is 4.08 Å². The Morgan fingerprint density at radius 1 is 1.17 bits per heavy atom. The maximum atomic E-state index is 3.99. The van der Waals surface area contributed by atoms with Crippen LogP contribution in [0.5, 0.6) is 0 Å². The van der Waals surface area contributed by atoms with Gasteiger partial charge in [-0.3, -0.25) is 0 Å². The van der Waals surface area contributed by atoms with Crippen LogP contribution in [-0.2, 0) is 0 Å². The van der Waals surface area contributed by atoms with E-state index in [2.05, 4.69) is 25.3 Å². The van der Waals surface area contributed by atoms with Gasteiger partial charge in [0.15, 0.2) is 0 Å². The standard InChI is InChI=1S/C3H8S2.H2S/c1-3(2,4)5;/h4-5H,1-2H3;1H2. The predicted octanol–water partition coefficient (Wildman–Crippen LogP) is 1.69. The topological polar surface area (TPSA) is 0 Å². The molecule has 0 N–H and O–H groups in total. The largest absolute Gasteiger partial charge is 0.197 e. The molecular weight excluding hydrogens is 132 g/mol. The Bertz CT molecular complexity index is 21.5. The summed E-state index contributed by atoms with van der Waals surface area (Å²) in [5.41, 5.74) is 0. The Morgan fingerprint density at radius 2 is 1.17 bits per heavy atom. The van der Waals surface area contributed by atoms with Crippen LogP contribution >= 0.6 is 38.8 Å². The van der Waals surface area contributed by atoms with Crippen molar-refractivity contribution in [3.8, 4) is 0 Å². The number of hydrogen-bond acceptors (Lipinski definition) is 2. The molecule has 3 heteroatoms. The zero-order valence-corrected chi connectivity index (χ0v) is 6.68. The van der Waals surface area contributed by atoms with E-state index in [1.54, 1.807) is 0 Å². The van der Waals surface area contributed by atoms with Crippen molar-refractivity contribution in [2.75, 3.05) is 0 Å². The van der Waals surface area contributed by atoms with Crippen molar-refractivity contribution in [3.63, 3.8) is 0 Å². The monoisotopic (exact) mass is 142 g/mol. The van der Waals surface area contributed by atoms with E-state index in [4.69, 9.17) is 0 Å². The first kappa shape index (κ1) is 10.1. The summed E-state index contributed by atoms with van der Waals surface area (Å²) >= 11 is 7.97. The zero-order valence-electron chi connectivity index (χ0n) is 3.89. The number of rotatable bonds is 0. The Morgan fingerprint density at radius 3 is 1.17 bits per heavy atom. The van der Waals surface area contributed by atoms with Crippen molar-refractivity contribution in [2.45, 2.75) is 17.9 Å². The minimum Gasteiger partial charge on any atom is -0.197 e. The third-order valence-corrected chi connectivity index (χ3v) is 0. The molecule has 0 aromatic carbocycles. The molecule has 6 heavy (non-hydrogen) atoms. The minimum absolute atomic E-state index is 0. The van der Waals surface area contributed by atoms with Gasteiger partial charge < -0.3 is 0 Å². The molecule has 0 aromatic rings. The van der Waals surface area contributed by atoms with Crippen LogP contribution < -0.4 is 0 Å². The highest BCUT2D eigenvalue weighted by atomic mass is 32.2. The van der Waals surface area contributed by atoms with Crippen LogP contribution in [-0.4, -0.2) is 4.08 Å². The Labute approximate surface area is 57.0 Å². The molecule has 0 heterocycles. The Kier molecular flexibility index (Phi) is 5.24. The van der Waals surface area contributed by atoms with Crippen LogP contribution in [0.15, 0.2) is 0 Å². The van der Waals surface area contributed by atoms with Crippen LogP contribution in [0.2, 0.25) is 0 Å². The molecule has 0 spiro atoms. The van der Waals surface area contributed by atoms with Crippen LogP contribution in [0.3, 0.4) is 0 Å². The number of hydrogen-bond donors (Lipinski definition) is 2. The lowest BCUT2D eigenvalue weighted by molar-refractivity contribution is 1.05. The van der Waals surface area contributed by atoms with E-state index in [0.717, 1.165) is 0 Å². The molecule has 0 atom stereocenters. The van der Waals surface area contributed by atoms with E-state index in [-0.39, 0.29) is 17.6 Å². The summed E-state index contributed by atoms with van der Waals surface area (Å²) in [5, 5.41) is 0. The summed E-state index contributed by atoms with van der Waals surface area (Å²) in [6.45, 7) is 3.83. The van der Waals surface area contributed by atoms with Crippen LogP contribution in [0.25, 0.3) is 0 Å². The lowest BCUT2D eigenvalue weighted by atomic mass is 10.6. The van der Waals surface area contributed by atoms with Crippen LogP contribution in [0.1, 0.15) is 13.8 Å². The fourth-order valence-corrected chi connectivity index (χ4v) is 0. The quantitative estimate of drug-likeness (QED) is 0.373. The van der Waals surface area contributed by atoms with E-state index in [1.165, 1.54) is 0 Å². The minimum atomic E-state index is -0.111.